The van der Waals surface area contributed by atoms with Crippen LogP contribution in [0.4, 0.5) is 9.52 Å². The van der Waals surface area contributed by atoms with Gasteiger partial charge < -0.3 is 5.11 Å². The van der Waals surface area contributed by atoms with E-state index < -0.39 is 27.3 Å². The number of aromatic nitrogens is 2. The molecule has 102 valence electrons. The van der Waals surface area contributed by atoms with E-state index in [-0.39, 0.29) is 10.7 Å². The van der Waals surface area contributed by atoms with Crippen LogP contribution in [0.15, 0.2) is 27.0 Å². The van der Waals surface area contributed by atoms with Gasteiger partial charge in [-0.1, -0.05) is 27.3 Å². The van der Waals surface area contributed by atoms with E-state index in [2.05, 4.69) is 30.8 Å². The van der Waals surface area contributed by atoms with Crippen molar-refractivity contribution in [1.82, 2.24) is 10.2 Å². The van der Waals surface area contributed by atoms with Gasteiger partial charge in [-0.05, 0) is 12.1 Å². The van der Waals surface area contributed by atoms with E-state index in [1.165, 1.54) is 11.6 Å². The van der Waals surface area contributed by atoms with Gasteiger partial charge in [0.1, 0.15) is 16.2 Å². The fraction of sp³-hybridized carbons (Fsp3) is 0.111. The molecule has 0 saturated carbocycles. The standard InChI is InChI=1S/C9H7BrFN3O3S2/c10-6-1-5(3-15)8(11)7(2-6)19(16,17)14-9-13-12-4-18-9/h1-2,4,15H,3H2,(H,13,14). The van der Waals surface area contributed by atoms with E-state index in [4.69, 9.17) is 5.11 Å². The van der Waals surface area contributed by atoms with Crippen LogP contribution in [0, 0.1) is 5.82 Å². The van der Waals surface area contributed by atoms with E-state index in [0.29, 0.717) is 4.47 Å². The van der Waals surface area contributed by atoms with Crippen LogP contribution in [-0.4, -0.2) is 23.7 Å². The van der Waals surface area contributed by atoms with Crippen molar-refractivity contribution in [1.29, 1.82) is 0 Å². The Balaban J connectivity index is 2.48. The van der Waals surface area contributed by atoms with Crippen molar-refractivity contribution in [2.75, 3.05) is 4.72 Å². The third-order valence-corrected chi connectivity index (χ3v) is 4.65. The molecule has 6 nitrogen and oxygen atoms in total. The molecule has 0 aliphatic rings. The van der Waals surface area contributed by atoms with Gasteiger partial charge in [-0.2, -0.15) is 0 Å². The summed E-state index contributed by atoms with van der Waals surface area (Å²) in [6, 6.07) is 2.41. The van der Waals surface area contributed by atoms with Crippen molar-refractivity contribution < 1.29 is 17.9 Å². The van der Waals surface area contributed by atoms with Crippen LogP contribution in [0.3, 0.4) is 0 Å². The summed E-state index contributed by atoms with van der Waals surface area (Å²) in [5, 5.41) is 16.0. The van der Waals surface area contributed by atoms with E-state index in [0.717, 1.165) is 17.4 Å². The van der Waals surface area contributed by atoms with Crippen molar-refractivity contribution >= 4 is 42.4 Å². The average Bonchev–Trinajstić information content (AvgIpc) is 2.83. The Morgan fingerprint density at radius 1 is 1.47 bits per heavy atom. The number of anilines is 1. The summed E-state index contributed by atoms with van der Waals surface area (Å²) in [4.78, 5) is -0.568. The second-order valence-electron chi connectivity index (χ2n) is 3.38. The summed E-state index contributed by atoms with van der Waals surface area (Å²) in [7, 11) is -4.13. The molecule has 19 heavy (non-hydrogen) atoms. The van der Waals surface area contributed by atoms with Gasteiger partial charge in [0.05, 0.1) is 6.61 Å². The SMILES string of the molecule is O=S(=O)(Nc1nncs1)c1cc(Br)cc(CO)c1F. The molecule has 0 saturated heterocycles. The molecule has 0 bridgehead atoms. The molecule has 0 amide bonds. The maximum Gasteiger partial charge on any atom is 0.266 e. The van der Waals surface area contributed by atoms with Crippen molar-refractivity contribution in [3.05, 3.63) is 33.5 Å². The average molecular weight is 368 g/mol. The van der Waals surface area contributed by atoms with Crippen LogP contribution in [0.1, 0.15) is 5.56 Å². The molecule has 0 spiro atoms. The van der Waals surface area contributed by atoms with E-state index in [1.807, 2.05) is 0 Å². The number of aliphatic hydroxyl groups excluding tert-OH is 1. The molecule has 0 aliphatic heterocycles. The predicted molar refractivity (Wildman–Crippen MR) is 70.7 cm³/mol. The number of halogens is 2. The molecule has 2 rings (SSSR count). The predicted octanol–water partition coefficient (Wildman–Crippen LogP) is 1.73. The first-order chi connectivity index (χ1) is 8.94. The molecule has 0 aliphatic carbocycles. The van der Waals surface area contributed by atoms with Crippen LogP contribution in [0.2, 0.25) is 0 Å². The van der Waals surface area contributed by atoms with Crippen LogP contribution in [-0.2, 0) is 16.6 Å². The molecule has 2 aromatic rings. The lowest BCUT2D eigenvalue weighted by Crippen LogP contribution is -2.15. The highest BCUT2D eigenvalue weighted by molar-refractivity contribution is 9.10. The highest BCUT2D eigenvalue weighted by Gasteiger charge is 2.23. The summed E-state index contributed by atoms with van der Waals surface area (Å²) >= 11 is 4.03. The minimum atomic E-state index is -4.13. The van der Waals surface area contributed by atoms with Crippen LogP contribution in [0.25, 0.3) is 0 Å². The summed E-state index contributed by atoms with van der Waals surface area (Å²) in [5.41, 5.74) is 1.22. The van der Waals surface area contributed by atoms with Gasteiger partial charge in [0.2, 0.25) is 5.13 Å². The number of aliphatic hydroxyl groups is 1. The second kappa shape index (κ2) is 5.49. The molecule has 0 radical (unpaired) electrons. The molecule has 1 heterocycles. The number of nitrogens with one attached hydrogen (secondary N) is 1. The maximum absolute atomic E-state index is 13.9. The summed E-state index contributed by atoms with van der Waals surface area (Å²) in [5.74, 6) is -0.997. The van der Waals surface area contributed by atoms with Crippen LogP contribution in [0.5, 0.6) is 0 Å². The van der Waals surface area contributed by atoms with Gasteiger partial charge in [0, 0.05) is 10.0 Å². The highest BCUT2D eigenvalue weighted by Crippen LogP contribution is 2.26. The van der Waals surface area contributed by atoms with Crippen molar-refractivity contribution in [2.24, 2.45) is 0 Å². The van der Waals surface area contributed by atoms with Gasteiger partial charge in [-0.25, -0.2) is 12.8 Å². The Labute approximate surface area is 120 Å². The second-order valence-corrected chi connectivity index (χ2v) is 6.78. The van der Waals surface area contributed by atoms with Crippen molar-refractivity contribution in [3.8, 4) is 0 Å². The lowest BCUT2D eigenvalue weighted by Gasteiger charge is -2.09. The largest absolute Gasteiger partial charge is 0.392 e. The monoisotopic (exact) mass is 367 g/mol. The zero-order chi connectivity index (χ0) is 14.0. The van der Waals surface area contributed by atoms with Crippen LogP contribution < -0.4 is 4.72 Å². The Bertz CT molecular complexity index is 691. The van der Waals surface area contributed by atoms with Gasteiger partial charge >= 0.3 is 0 Å². The topological polar surface area (TPSA) is 92.2 Å². The summed E-state index contributed by atoms with van der Waals surface area (Å²) < 4.78 is 40.4. The Hall–Kier alpha value is -1.10. The Morgan fingerprint density at radius 2 is 2.21 bits per heavy atom. The molecular weight excluding hydrogens is 361 g/mol. The lowest BCUT2D eigenvalue weighted by atomic mass is 10.2. The molecule has 0 atom stereocenters. The quantitative estimate of drug-likeness (QED) is 0.858. The fourth-order valence-corrected chi connectivity index (χ4v) is 3.81. The molecule has 1 aromatic carbocycles. The first-order valence-corrected chi connectivity index (χ1v) is 7.97. The highest BCUT2D eigenvalue weighted by atomic mass is 79.9. The third-order valence-electron chi connectivity index (χ3n) is 2.12. The summed E-state index contributed by atoms with van der Waals surface area (Å²) in [6.45, 7) is -0.605. The van der Waals surface area contributed by atoms with E-state index >= 15 is 0 Å². The number of rotatable bonds is 4. The van der Waals surface area contributed by atoms with Crippen LogP contribution >= 0.6 is 27.3 Å². The normalized spacial score (nSPS) is 11.5. The minimum absolute atomic E-state index is 0.0323. The van der Waals surface area contributed by atoms with Gasteiger partial charge in [0.25, 0.3) is 10.0 Å². The zero-order valence-electron chi connectivity index (χ0n) is 9.17. The Kier molecular flexibility index (Phi) is 4.13. The van der Waals surface area contributed by atoms with E-state index in [1.54, 1.807) is 0 Å². The van der Waals surface area contributed by atoms with Crippen molar-refractivity contribution in [2.45, 2.75) is 11.5 Å². The van der Waals surface area contributed by atoms with Gasteiger partial charge in [0.15, 0.2) is 0 Å². The maximum atomic E-state index is 13.9. The van der Waals surface area contributed by atoms with Gasteiger partial charge in [-0.15, -0.1) is 10.2 Å². The first-order valence-electron chi connectivity index (χ1n) is 4.82. The molecule has 1 aromatic heterocycles. The third kappa shape index (κ3) is 3.08. The molecular formula is C9H7BrFN3O3S2. The number of nitrogens with zero attached hydrogens (tertiary/aromatic N) is 2. The van der Waals surface area contributed by atoms with Gasteiger partial charge in [-0.3, -0.25) is 4.72 Å². The number of benzene rings is 1. The first kappa shape index (κ1) is 14.3. The summed E-state index contributed by atoms with van der Waals surface area (Å²) in [6.07, 6.45) is 0. The molecule has 2 N–H and O–H groups in total. The number of hydrogen-bond acceptors (Lipinski definition) is 6. The zero-order valence-corrected chi connectivity index (χ0v) is 12.4. The lowest BCUT2D eigenvalue weighted by molar-refractivity contribution is 0.274. The smallest absolute Gasteiger partial charge is 0.266 e. The van der Waals surface area contributed by atoms with Crippen molar-refractivity contribution in [3.63, 3.8) is 0 Å². The number of hydrogen-bond donors (Lipinski definition) is 2. The molecule has 0 unspecified atom stereocenters. The fourth-order valence-electron chi connectivity index (χ4n) is 1.32. The Morgan fingerprint density at radius 3 is 2.79 bits per heavy atom. The van der Waals surface area contributed by atoms with E-state index in [9.17, 15) is 12.8 Å². The molecule has 10 heteroatoms. The number of sulfonamides is 1. The molecule has 0 fully saturated rings. The minimum Gasteiger partial charge on any atom is -0.392 e.